The van der Waals surface area contributed by atoms with Crippen LogP contribution in [0.1, 0.15) is 12.0 Å². The number of hydrogen-bond acceptors (Lipinski definition) is 2. The largest absolute Gasteiger partial charge is 0.482 e. The molecule has 17 heavy (non-hydrogen) atoms. The van der Waals surface area contributed by atoms with Crippen LogP contribution in [-0.4, -0.2) is 19.1 Å². The molecule has 0 aliphatic heterocycles. The number of rotatable bonds is 6. The summed E-state index contributed by atoms with van der Waals surface area (Å²) in [5.74, 6) is 0.370. The Balaban J connectivity index is 2.41. The van der Waals surface area contributed by atoms with Crippen LogP contribution in [0.3, 0.4) is 0 Å². The fourth-order valence-electron chi connectivity index (χ4n) is 1.23. The van der Waals surface area contributed by atoms with Crippen LogP contribution in [-0.2, 0) is 4.79 Å². The van der Waals surface area contributed by atoms with Crippen LogP contribution in [0.15, 0.2) is 30.9 Å². The van der Waals surface area contributed by atoms with Crippen molar-refractivity contribution in [2.45, 2.75) is 13.3 Å². The fraction of sp³-hybridized carbons (Fsp3) is 0.308. The minimum Gasteiger partial charge on any atom is -0.482 e. The highest BCUT2D eigenvalue weighted by molar-refractivity contribution is 6.32. The van der Waals surface area contributed by atoms with Gasteiger partial charge in [0.05, 0.1) is 5.02 Å². The summed E-state index contributed by atoms with van der Waals surface area (Å²) in [5, 5.41) is 3.22. The Morgan fingerprint density at radius 2 is 2.35 bits per heavy atom. The number of halogens is 1. The summed E-state index contributed by atoms with van der Waals surface area (Å²) in [5.41, 5.74) is 1.04. The molecule has 1 aromatic rings. The normalized spacial score (nSPS) is 9.76. The molecule has 0 radical (unpaired) electrons. The van der Waals surface area contributed by atoms with Crippen LogP contribution in [0, 0.1) is 6.92 Å². The highest BCUT2D eigenvalue weighted by Gasteiger charge is 2.05. The van der Waals surface area contributed by atoms with Gasteiger partial charge in [0.25, 0.3) is 5.91 Å². The standard InChI is InChI=1S/C13H16ClNO2/c1-3-4-7-15-13(16)9-17-12-8-10(2)5-6-11(12)14/h3,5-6,8H,1,4,7,9H2,2H3,(H,15,16). The Morgan fingerprint density at radius 3 is 3.06 bits per heavy atom. The monoisotopic (exact) mass is 253 g/mol. The maximum atomic E-state index is 11.4. The van der Waals surface area contributed by atoms with Crippen molar-refractivity contribution in [2.75, 3.05) is 13.2 Å². The second-order valence-electron chi connectivity index (χ2n) is 3.65. The third-order valence-corrected chi connectivity index (χ3v) is 2.43. The number of carbonyl (C=O) groups excluding carboxylic acids is 1. The molecule has 0 spiro atoms. The lowest BCUT2D eigenvalue weighted by Gasteiger charge is -2.08. The number of amides is 1. The molecule has 1 amide bonds. The summed E-state index contributed by atoms with van der Waals surface area (Å²) >= 11 is 5.94. The van der Waals surface area contributed by atoms with Gasteiger partial charge in [0, 0.05) is 6.54 Å². The summed E-state index contributed by atoms with van der Waals surface area (Å²) in [7, 11) is 0. The van der Waals surface area contributed by atoms with E-state index >= 15 is 0 Å². The van der Waals surface area contributed by atoms with E-state index < -0.39 is 0 Å². The Hall–Kier alpha value is -1.48. The number of nitrogens with one attached hydrogen (secondary N) is 1. The Kier molecular flexibility index (Phi) is 5.57. The molecule has 0 saturated heterocycles. The lowest BCUT2D eigenvalue weighted by Crippen LogP contribution is -2.29. The van der Waals surface area contributed by atoms with Crippen LogP contribution in [0.25, 0.3) is 0 Å². The first kappa shape index (κ1) is 13.6. The van der Waals surface area contributed by atoms with Crippen molar-refractivity contribution in [3.63, 3.8) is 0 Å². The topological polar surface area (TPSA) is 38.3 Å². The maximum absolute atomic E-state index is 11.4. The van der Waals surface area contributed by atoms with Crippen LogP contribution in [0.5, 0.6) is 5.75 Å². The van der Waals surface area contributed by atoms with Crippen molar-refractivity contribution in [1.82, 2.24) is 5.32 Å². The molecule has 4 heteroatoms. The van der Waals surface area contributed by atoms with Gasteiger partial charge in [-0.15, -0.1) is 6.58 Å². The molecule has 92 valence electrons. The molecule has 3 nitrogen and oxygen atoms in total. The fourth-order valence-corrected chi connectivity index (χ4v) is 1.40. The first-order valence-corrected chi connectivity index (χ1v) is 5.78. The van der Waals surface area contributed by atoms with E-state index in [2.05, 4.69) is 11.9 Å². The molecule has 1 aromatic carbocycles. The molecular weight excluding hydrogens is 238 g/mol. The van der Waals surface area contributed by atoms with E-state index in [4.69, 9.17) is 16.3 Å². The zero-order valence-corrected chi connectivity index (χ0v) is 10.6. The molecule has 0 atom stereocenters. The summed E-state index contributed by atoms with van der Waals surface area (Å²) < 4.78 is 5.34. The van der Waals surface area contributed by atoms with E-state index in [1.165, 1.54) is 0 Å². The zero-order chi connectivity index (χ0) is 12.7. The molecule has 0 aromatic heterocycles. The predicted molar refractivity (Wildman–Crippen MR) is 69.5 cm³/mol. The van der Waals surface area contributed by atoms with E-state index in [1.807, 2.05) is 13.0 Å². The van der Waals surface area contributed by atoms with Gasteiger partial charge in [-0.1, -0.05) is 23.7 Å². The quantitative estimate of drug-likeness (QED) is 0.625. The van der Waals surface area contributed by atoms with Crippen molar-refractivity contribution in [3.05, 3.63) is 41.4 Å². The van der Waals surface area contributed by atoms with Crippen LogP contribution >= 0.6 is 11.6 Å². The molecule has 1 rings (SSSR count). The van der Waals surface area contributed by atoms with E-state index in [9.17, 15) is 4.79 Å². The third kappa shape index (κ3) is 4.91. The van der Waals surface area contributed by atoms with Crippen molar-refractivity contribution in [2.24, 2.45) is 0 Å². The highest BCUT2D eigenvalue weighted by Crippen LogP contribution is 2.24. The summed E-state index contributed by atoms with van der Waals surface area (Å²) in [4.78, 5) is 11.4. The second kappa shape index (κ2) is 6.97. The van der Waals surface area contributed by atoms with Crippen molar-refractivity contribution >= 4 is 17.5 Å². The molecular formula is C13H16ClNO2. The first-order chi connectivity index (χ1) is 8.13. The lowest BCUT2D eigenvalue weighted by atomic mass is 10.2. The Bertz CT molecular complexity index is 404. The van der Waals surface area contributed by atoms with Gasteiger partial charge in [0.1, 0.15) is 5.75 Å². The number of ether oxygens (including phenoxy) is 1. The highest BCUT2D eigenvalue weighted by atomic mass is 35.5. The SMILES string of the molecule is C=CCCNC(=O)COc1cc(C)ccc1Cl. The lowest BCUT2D eigenvalue weighted by molar-refractivity contribution is -0.123. The zero-order valence-electron chi connectivity index (χ0n) is 9.83. The summed E-state index contributed by atoms with van der Waals surface area (Å²) in [6, 6.07) is 5.44. The average Bonchev–Trinajstić information content (AvgIpc) is 2.31. The Morgan fingerprint density at radius 1 is 1.59 bits per heavy atom. The first-order valence-electron chi connectivity index (χ1n) is 5.40. The van der Waals surface area contributed by atoms with Crippen LogP contribution < -0.4 is 10.1 Å². The van der Waals surface area contributed by atoms with Crippen LogP contribution in [0.4, 0.5) is 0 Å². The smallest absolute Gasteiger partial charge is 0.257 e. The number of aryl methyl sites for hydroxylation is 1. The minimum atomic E-state index is -0.163. The van der Waals surface area contributed by atoms with E-state index in [0.717, 1.165) is 12.0 Å². The molecule has 0 fully saturated rings. The van der Waals surface area contributed by atoms with Crippen LogP contribution in [0.2, 0.25) is 5.02 Å². The van der Waals surface area contributed by atoms with Gasteiger partial charge in [-0.05, 0) is 31.0 Å². The van der Waals surface area contributed by atoms with Gasteiger partial charge in [0.2, 0.25) is 0 Å². The van der Waals surface area contributed by atoms with Gasteiger partial charge in [-0.2, -0.15) is 0 Å². The van der Waals surface area contributed by atoms with Gasteiger partial charge in [-0.25, -0.2) is 0 Å². The van der Waals surface area contributed by atoms with Gasteiger partial charge in [-0.3, -0.25) is 4.79 Å². The second-order valence-corrected chi connectivity index (χ2v) is 4.06. The number of hydrogen-bond donors (Lipinski definition) is 1. The summed E-state index contributed by atoms with van der Waals surface area (Å²) in [6.45, 7) is 6.06. The van der Waals surface area contributed by atoms with Gasteiger partial charge < -0.3 is 10.1 Å². The molecule has 0 saturated carbocycles. The molecule has 0 aliphatic rings. The molecule has 0 bridgehead atoms. The van der Waals surface area contributed by atoms with Gasteiger partial charge >= 0.3 is 0 Å². The minimum absolute atomic E-state index is 0.0275. The maximum Gasteiger partial charge on any atom is 0.257 e. The molecule has 0 unspecified atom stereocenters. The molecule has 0 aliphatic carbocycles. The van der Waals surface area contributed by atoms with Crippen molar-refractivity contribution in [1.29, 1.82) is 0 Å². The van der Waals surface area contributed by atoms with E-state index in [-0.39, 0.29) is 12.5 Å². The van der Waals surface area contributed by atoms with Gasteiger partial charge in [0.15, 0.2) is 6.61 Å². The predicted octanol–water partition coefficient (Wildman–Crippen LogP) is 2.72. The number of carbonyl (C=O) groups is 1. The summed E-state index contributed by atoms with van der Waals surface area (Å²) in [6.07, 6.45) is 2.50. The number of benzene rings is 1. The Labute approximate surface area is 106 Å². The molecule has 0 heterocycles. The van der Waals surface area contributed by atoms with Crippen molar-refractivity contribution < 1.29 is 9.53 Å². The van der Waals surface area contributed by atoms with Crippen molar-refractivity contribution in [3.8, 4) is 5.75 Å². The third-order valence-electron chi connectivity index (χ3n) is 2.12. The average molecular weight is 254 g/mol. The van der Waals surface area contributed by atoms with E-state index in [0.29, 0.717) is 17.3 Å². The van der Waals surface area contributed by atoms with E-state index in [1.54, 1.807) is 18.2 Å². The molecule has 1 N–H and O–H groups in total.